The van der Waals surface area contributed by atoms with Crippen LogP contribution in [0.3, 0.4) is 0 Å². The van der Waals surface area contributed by atoms with Crippen molar-refractivity contribution < 1.29 is 17.6 Å². The third-order valence-corrected chi connectivity index (χ3v) is 4.71. The quantitative estimate of drug-likeness (QED) is 0.287. The summed E-state index contributed by atoms with van der Waals surface area (Å²) in [6, 6.07) is 20.0. The van der Waals surface area contributed by atoms with E-state index in [9.17, 15) is 0 Å². The minimum absolute atomic E-state index is 0.889. The van der Waals surface area contributed by atoms with Crippen molar-refractivity contribution in [1.29, 1.82) is 0 Å². The number of hydrogen-bond donors (Lipinski definition) is 0. The Morgan fingerprint density at radius 2 is 0.852 bits per heavy atom. The maximum absolute atomic E-state index is 4.94. The van der Waals surface area contributed by atoms with Crippen LogP contribution in [0.25, 0.3) is 0 Å². The maximum atomic E-state index is 4.94. The van der Waals surface area contributed by atoms with Gasteiger partial charge in [0.25, 0.3) is 0 Å². The molecule has 0 spiro atoms. The zero-order chi connectivity index (χ0) is 20.2. The van der Waals surface area contributed by atoms with E-state index in [-0.39, 0.29) is 0 Å². The van der Waals surface area contributed by atoms with Crippen molar-refractivity contribution in [2.75, 3.05) is 0 Å². The predicted molar refractivity (Wildman–Crippen MR) is 116 cm³/mol. The van der Waals surface area contributed by atoms with E-state index >= 15 is 0 Å². The van der Waals surface area contributed by atoms with Crippen molar-refractivity contribution >= 4 is 18.4 Å². The molecule has 0 heterocycles. The number of rotatable bonds is 0. The molecule has 3 rings (SSSR count). The van der Waals surface area contributed by atoms with Crippen molar-refractivity contribution in [3.05, 3.63) is 100 Å². The van der Waals surface area contributed by atoms with Gasteiger partial charge in [-0.1, -0.05) is 66.3 Å². The fraction of sp³-hybridized carbons (Fsp3) is 0.208. The van der Waals surface area contributed by atoms with Crippen molar-refractivity contribution in [1.82, 2.24) is 0 Å². The molecule has 0 unspecified atom stereocenters. The Morgan fingerprint density at radius 1 is 0.556 bits per heavy atom. The van der Waals surface area contributed by atoms with Crippen molar-refractivity contribution in [3.8, 4) is 11.8 Å². The molecule has 0 saturated heterocycles. The zero-order valence-electron chi connectivity index (χ0n) is 16.5. The van der Waals surface area contributed by atoms with Crippen LogP contribution in [-0.2, 0) is 17.6 Å². The molecule has 3 heteroatoms. The molecule has 2 aromatic rings. The Labute approximate surface area is 181 Å². The van der Waals surface area contributed by atoms with Gasteiger partial charge in [-0.05, 0) is 63.1 Å². The first-order chi connectivity index (χ1) is 12.9. The molecule has 0 saturated carbocycles. The summed E-state index contributed by atoms with van der Waals surface area (Å²) in [5.74, 6) is 7.69. The molecule has 0 amide bonds. The number of allylic oxidation sites excluding steroid dienone is 4. The fourth-order valence-electron chi connectivity index (χ4n) is 2.59. The van der Waals surface area contributed by atoms with Gasteiger partial charge in [-0.3, -0.25) is 0 Å². The third-order valence-electron chi connectivity index (χ3n) is 4.71. The topological polar surface area (TPSA) is 0 Å². The van der Waals surface area contributed by atoms with Gasteiger partial charge >= 0.3 is 36.0 Å². The Kier molecular flexibility index (Phi) is 11.5. The Balaban J connectivity index is 0.000000246. The molecule has 0 atom stereocenters. The van der Waals surface area contributed by atoms with Crippen LogP contribution in [0.1, 0.15) is 45.7 Å². The Bertz CT molecular complexity index is 757. The van der Waals surface area contributed by atoms with Crippen LogP contribution in [0.15, 0.2) is 83.0 Å². The molecule has 27 heavy (non-hydrogen) atoms. The molecule has 0 N–H and O–H groups in total. The molecule has 0 nitrogen and oxygen atoms in total. The summed E-state index contributed by atoms with van der Waals surface area (Å²) in [4.78, 5) is 0. The third kappa shape index (κ3) is 8.14. The van der Waals surface area contributed by atoms with Gasteiger partial charge < -0.3 is 0 Å². The standard InChI is InChI=1S/C14H10.C10H15.2ClH.Ta/c1-3-7-13(8-4-1)11-12-14-9-5-2-6-10-14;1-6-7(2)9(4)10(5)8(6)3;;;/h1-10H;1-5H3;2*1H;/q;;;;+2/p-2. The normalized spacial score (nSPS) is 13.0. The first-order valence-corrected chi connectivity index (χ1v) is 16.6. The first-order valence-electron chi connectivity index (χ1n) is 8.66. The molecule has 0 aliphatic heterocycles. The number of benzene rings is 2. The second-order valence-electron chi connectivity index (χ2n) is 6.17. The second-order valence-corrected chi connectivity index (χ2v) is 10.8. The molecular weight excluding hydrogens is 540 g/mol. The van der Waals surface area contributed by atoms with Crippen molar-refractivity contribution in [2.45, 2.75) is 34.6 Å². The van der Waals surface area contributed by atoms with Gasteiger partial charge in [-0.2, -0.15) is 0 Å². The molecule has 1 aliphatic carbocycles. The van der Waals surface area contributed by atoms with E-state index < -0.39 is 17.6 Å². The van der Waals surface area contributed by atoms with Crippen LogP contribution in [0.4, 0.5) is 0 Å². The molecule has 140 valence electrons. The summed E-state index contributed by atoms with van der Waals surface area (Å²) in [7, 11) is 9.89. The van der Waals surface area contributed by atoms with Crippen LogP contribution in [0.5, 0.6) is 0 Å². The van der Waals surface area contributed by atoms with E-state index in [1.54, 1.807) is 0 Å². The fourth-order valence-corrected chi connectivity index (χ4v) is 2.59. The Hall–Kier alpha value is -1.20. The molecule has 1 radical (unpaired) electrons. The molecule has 0 aromatic heterocycles. The van der Waals surface area contributed by atoms with Gasteiger partial charge in [0, 0.05) is 17.0 Å². The predicted octanol–water partition coefficient (Wildman–Crippen LogP) is 7.73. The number of halogens is 2. The molecule has 2 aromatic carbocycles. The van der Waals surface area contributed by atoms with Gasteiger partial charge in [-0.15, -0.1) is 0 Å². The van der Waals surface area contributed by atoms with Crippen LogP contribution in [-0.4, -0.2) is 0 Å². The van der Waals surface area contributed by atoms with Gasteiger partial charge in [0.2, 0.25) is 0 Å². The average molecular weight is 565 g/mol. The van der Waals surface area contributed by atoms with E-state index in [2.05, 4.69) is 46.5 Å². The van der Waals surface area contributed by atoms with E-state index in [1.807, 2.05) is 60.7 Å². The van der Waals surface area contributed by atoms with E-state index in [0.29, 0.717) is 0 Å². The second kappa shape index (κ2) is 13.1. The minimum atomic E-state index is -0.889. The van der Waals surface area contributed by atoms with Crippen molar-refractivity contribution in [2.24, 2.45) is 0 Å². The van der Waals surface area contributed by atoms with Crippen molar-refractivity contribution in [3.63, 3.8) is 0 Å². The van der Waals surface area contributed by atoms with E-state index in [1.165, 1.54) is 28.2 Å². The summed E-state index contributed by atoms with van der Waals surface area (Å²) in [5, 5.41) is 0. The summed E-state index contributed by atoms with van der Waals surface area (Å²) >= 11 is -0.889. The summed E-state index contributed by atoms with van der Waals surface area (Å²) in [6.07, 6.45) is 0. The molecule has 0 bridgehead atoms. The van der Waals surface area contributed by atoms with Gasteiger partial charge in [-0.25, -0.2) is 0 Å². The average Bonchev–Trinajstić information content (AvgIpc) is 2.87. The van der Waals surface area contributed by atoms with E-state index in [0.717, 1.165) is 11.1 Å². The zero-order valence-corrected chi connectivity index (χ0v) is 21.2. The van der Waals surface area contributed by atoms with Crippen LogP contribution in [0, 0.1) is 17.8 Å². The SMILES string of the molecule is C(#Cc1ccccc1)c1ccccc1.C[C]1C(C)=C(C)C(C)=C1C.[Cl][Ta][Cl]. The first kappa shape index (κ1) is 23.8. The summed E-state index contributed by atoms with van der Waals surface area (Å²) in [5.41, 5.74) is 7.97. The van der Waals surface area contributed by atoms with Gasteiger partial charge in [0.1, 0.15) is 0 Å². The summed E-state index contributed by atoms with van der Waals surface area (Å²) < 4.78 is 0. The van der Waals surface area contributed by atoms with Crippen LogP contribution >= 0.6 is 18.4 Å². The van der Waals surface area contributed by atoms with Crippen LogP contribution in [0.2, 0.25) is 0 Å². The number of hydrogen-bond acceptors (Lipinski definition) is 0. The monoisotopic (exact) mass is 564 g/mol. The van der Waals surface area contributed by atoms with Gasteiger partial charge in [0.15, 0.2) is 0 Å². The Morgan fingerprint density at radius 3 is 1.07 bits per heavy atom. The molecule has 1 aliphatic rings. The van der Waals surface area contributed by atoms with E-state index in [4.69, 9.17) is 18.4 Å². The van der Waals surface area contributed by atoms with Crippen LogP contribution < -0.4 is 0 Å². The molecular formula is C24H25Cl2Ta. The summed E-state index contributed by atoms with van der Waals surface area (Å²) in [6.45, 7) is 11.0. The van der Waals surface area contributed by atoms with Gasteiger partial charge in [0.05, 0.1) is 0 Å². The molecule has 0 fully saturated rings.